The quantitative estimate of drug-likeness (QED) is 0.885. The maximum Gasteiger partial charge on any atom is 0.259 e. The second-order valence-corrected chi connectivity index (χ2v) is 4.92. The van der Waals surface area contributed by atoms with E-state index in [1.54, 1.807) is 42.5 Å². The molecule has 2 aromatic rings. The first kappa shape index (κ1) is 14.1. The van der Waals surface area contributed by atoms with Crippen LogP contribution in [0.25, 0.3) is 0 Å². The molecular formula is C17H15NO4. The van der Waals surface area contributed by atoms with Crippen LogP contribution in [0.2, 0.25) is 0 Å². The maximum atomic E-state index is 12.4. The minimum atomic E-state index is -0.303. The fourth-order valence-electron chi connectivity index (χ4n) is 2.27. The van der Waals surface area contributed by atoms with E-state index in [0.29, 0.717) is 41.5 Å². The molecule has 22 heavy (non-hydrogen) atoms. The zero-order valence-electron chi connectivity index (χ0n) is 12.1. The fourth-order valence-corrected chi connectivity index (χ4v) is 2.27. The average Bonchev–Trinajstić information content (AvgIpc) is 2.54. The van der Waals surface area contributed by atoms with E-state index < -0.39 is 0 Å². The number of amides is 1. The largest absolute Gasteiger partial charge is 0.486 e. The third-order valence-corrected chi connectivity index (χ3v) is 3.34. The molecule has 0 spiro atoms. The highest BCUT2D eigenvalue weighted by atomic mass is 16.6. The molecule has 1 N–H and O–H groups in total. The minimum absolute atomic E-state index is 0.0510. The Hall–Kier alpha value is -2.82. The van der Waals surface area contributed by atoms with Crippen LogP contribution >= 0.6 is 0 Å². The van der Waals surface area contributed by atoms with Crippen LogP contribution in [-0.4, -0.2) is 24.9 Å². The van der Waals surface area contributed by atoms with Crippen LogP contribution < -0.4 is 14.8 Å². The van der Waals surface area contributed by atoms with Crippen molar-refractivity contribution in [1.82, 2.24) is 0 Å². The molecule has 5 heteroatoms. The van der Waals surface area contributed by atoms with E-state index in [1.165, 1.54) is 6.92 Å². The number of Topliss-reactive ketones (excluding diaryl/α,β-unsaturated/α-hetero) is 1. The molecule has 5 nitrogen and oxygen atoms in total. The molecule has 3 rings (SSSR count). The van der Waals surface area contributed by atoms with Gasteiger partial charge in [0.15, 0.2) is 17.3 Å². The van der Waals surface area contributed by atoms with Gasteiger partial charge < -0.3 is 14.8 Å². The second kappa shape index (κ2) is 5.89. The van der Waals surface area contributed by atoms with Crippen molar-refractivity contribution in [3.8, 4) is 11.5 Å². The van der Waals surface area contributed by atoms with E-state index in [2.05, 4.69) is 5.32 Å². The van der Waals surface area contributed by atoms with Gasteiger partial charge in [-0.3, -0.25) is 9.59 Å². The molecule has 0 aromatic heterocycles. The molecule has 0 atom stereocenters. The lowest BCUT2D eigenvalue weighted by Gasteiger charge is -2.20. The van der Waals surface area contributed by atoms with Crippen molar-refractivity contribution in [2.24, 2.45) is 0 Å². The Kier molecular flexibility index (Phi) is 3.78. The normalized spacial score (nSPS) is 12.6. The number of hydrogen-bond acceptors (Lipinski definition) is 4. The molecule has 0 aliphatic carbocycles. The molecule has 0 fully saturated rings. The van der Waals surface area contributed by atoms with E-state index in [0.717, 1.165) is 0 Å². The zero-order chi connectivity index (χ0) is 15.5. The van der Waals surface area contributed by atoms with E-state index in [-0.39, 0.29) is 11.7 Å². The minimum Gasteiger partial charge on any atom is -0.486 e. The first-order valence-corrected chi connectivity index (χ1v) is 6.96. The van der Waals surface area contributed by atoms with E-state index >= 15 is 0 Å². The number of benzene rings is 2. The summed E-state index contributed by atoms with van der Waals surface area (Å²) >= 11 is 0. The Bertz CT molecular complexity index is 739. The number of ether oxygens (including phenoxy) is 2. The Morgan fingerprint density at radius 1 is 1.05 bits per heavy atom. The summed E-state index contributed by atoms with van der Waals surface area (Å²) in [6, 6.07) is 12.0. The summed E-state index contributed by atoms with van der Waals surface area (Å²) in [5.74, 6) is 0.665. The van der Waals surface area contributed by atoms with Gasteiger partial charge in [0.1, 0.15) is 13.2 Å². The number of nitrogens with one attached hydrogen (secondary N) is 1. The van der Waals surface area contributed by atoms with Gasteiger partial charge in [-0.15, -0.1) is 0 Å². The van der Waals surface area contributed by atoms with Gasteiger partial charge >= 0.3 is 0 Å². The zero-order valence-corrected chi connectivity index (χ0v) is 12.1. The highest BCUT2D eigenvalue weighted by molar-refractivity contribution is 6.07. The molecular weight excluding hydrogens is 282 g/mol. The molecule has 0 unspecified atom stereocenters. The van der Waals surface area contributed by atoms with Crippen LogP contribution in [-0.2, 0) is 0 Å². The molecule has 2 aromatic carbocycles. The van der Waals surface area contributed by atoms with Gasteiger partial charge in [-0.05, 0) is 31.2 Å². The van der Waals surface area contributed by atoms with Crippen LogP contribution in [0.3, 0.4) is 0 Å². The van der Waals surface area contributed by atoms with Crippen LogP contribution in [0.4, 0.5) is 5.69 Å². The highest BCUT2D eigenvalue weighted by Gasteiger charge is 2.20. The lowest BCUT2D eigenvalue weighted by atomic mass is 10.1. The molecule has 112 valence electrons. The number of anilines is 1. The monoisotopic (exact) mass is 297 g/mol. The van der Waals surface area contributed by atoms with Crippen molar-refractivity contribution >= 4 is 17.4 Å². The van der Waals surface area contributed by atoms with Crippen molar-refractivity contribution < 1.29 is 19.1 Å². The summed E-state index contributed by atoms with van der Waals surface area (Å²) in [5.41, 5.74) is 1.52. The third kappa shape index (κ3) is 2.79. The van der Waals surface area contributed by atoms with Gasteiger partial charge in [0.25, 0.3) is 5.91 Å². The summed E-state index contributed by atoms with van der Waals surface area (Å²) in [7, 11) is 0. The van der Waals surface area contributed by atoms with Crippen LogP contribution in [0, 0.1) is 0 Å². The van der Waals surface area contributed by atoms with E-state index in [4.69, 9.17) is 9.47 Å². The van der Waals surface area contributed by atoms with E-state index in [1.807, 2.05) is 0 Å². The molecule has 1 aliphatic heterocycles. The Morgan fingerprint density at radius 3 is 2.64 bits per heavy atom. The average molecular weight is 297 g/mol. The van der Waals surface area contributed by atoms with Crippen molar-refractivity contribution in [1.29, 1.82) is 0 Å². The first-order valence-electron chi connectivity index (χ1n) is 6.96. The lowest BCUT2D eigenvalue weighted by molar-refractivity contribution is 0.100. The summed E-state index contributed by atoms with van der Waals surface area (Å²) < 4.78 is 11.0. The number of carbonyl (C=O) groups excluding carboxylic acids is 2. The van der Waals surface area contributed by atoms with Gasteiger partial charge in [0.05, 0.1) is 5.56 Å². The molecule has 0 saturated heterocycles. The topological polar surface area (TPSA) is 64.6 Å². The number of ketones is 1. The second-order valence-electron chi connectivity index (χ2n) is 4.92. The van der Waals surface area contributed by atoms with E-state index in [9.17, 15) is 9.59 Å². The first-order chi connectivity index (χ1) is 10.6. The Balaban J connectivity index is 1.86. The van der Waals surface area contributed by atoms with Gasteiger partial charge in [0, 0.05) is 11.3 Å². The molecule has 0 saturated carbocycles. The summed E-state index contributed by atoms with van der Waals surface area (Å²) in [6.45, 7) is 2.37. The summed E-state index contributed by atoms with van der Waals surface area (Å²) in [4.78, 5) is 23.8. The van der Waals surface area contributed by atoms with Gasteiger partial charge in [-0.25, -0.2) is 0 Å². The van der Waals surface area contributed by atoms with Crippen LogP contribution in [0.5, 0.6) is 11.5 Å². The predicted octanol–water partition coefficient (Wildman–Crippen LogP) is 2.91. The van der Waals surface area contributed by atoms with Crippen molar-refractivity contribution in [3.63, 3.8) is 0 Å². The molecule has 1 aliphatic rings. The maximum absolute atomic E-state index is 12.4. The number of para-hydroxylation sites is 1. The number of fused-ring (bicyclic) bond motifs is 1. The number of carbonyl (C=O) groups is 2. The SMILES string of the molecule is CC(=O)c1cccc(NC(=O)c2cccc3c2OCCO3)c1. The third-order valence-electron chi connectivity index (χ3n) is 3.34. The molecule has 1 amide bonds. The van der Waals surface area contributed by atoms with Crippen molar-refractivity contribution in [2.45, 2.75) is 6.92 Å². The van der Waals surface area contributed by atoms with Crippen LogP contribution in [0.1, 0.15) is 27.6 Å². The smallest absolute Gasteiger partial charge is 0.259 e. The number of hydrogen-bond donors (Lipinski definition) is 1. The van der Waals surface area contributed by atoms with Gasteiger partial charge in [-0.1, -0.05) is 18.2 Å². The fraction of sp³-hybridized carbons (Fsp3) is 0.176. The summed E-state index contributed by atoms with van der Waals surface area (Å²) in [6.07, 6.45) is 0. The highest BCUT2D eigenvalue weighted by Crippen LogP contribution is 2.33. The van der Waals surface area contributed by atoms with Crippen molar-refractivity contribution in [2.75, 3.05) is 18.5 Å². The number of rotatable bonds is 3. The van der Waals surface area contributed by atoms with Crippen LogP contribution in [0.15, 0.2) is 42.5 Å². The van der Waals surface area contributed by atoms with Crippen molar-refractivity contribution in [3.05, 3.63) is 53.6 Å². The van der Waals surface area contributed by atoms with Gasteiger partial charge in [-0.2, -0.15) is 0 Å². The molecule has 1 heterocycles. The Morgan fingerprint density at radius 2 is 1.82 bits per heavy atom. The standard InChI is InChI=1S/C17H15NO4/c1-11(19)12-4-2-5-13(10-12)18-17(20)14-6-3-7-15-16(14)22-9-8-21-15/h2-7,10H,8-9H2,1H3,(H,18,20). The Labute approximate surface area is 127 Å². The van der Waals surface area contributed by atoms with Gasteiger partial charge in [0.2, 0.25) is 0 Å². The summed E-state index contributed by atoms with van der Waals surface area (Å²) in [5, 5.41) is 2.78. The molecule has 0 bridgehead atoms. The predicted molar refractivity (Wildman–Crippen MR) is 81.8 cm³/mol. The lowest BCUT2D eigenvalue weighted by Crippen LogP contribution is -2.20. The molecule has 0 radical (unpaired) electrons.